The first-order chi connectivity index (χ1) is 10.0. The third-order valence-corrected chi connectivity index (χ3v) is 4.63. The van der Waals surface area contributed by atoms with E-state index in [1.54, 1.807) is 0 Å². The fourth-order valence-electron chi connectivity index (χ4n) is 2.32. The van der Waals surface area contributed by atoms with E-state index in [4.69, 9.17) is 0 Å². The highest BCUT2D eigenvalue weighted by Gasteiger charge is 2.14. The SMILES string of the molecule is CCCNC(C)c1ccc(N(C)C(C)CCSC)cc1O. The molecule has 1 aromatic rings. The molecule has 0 aliphatic heterocycles. The van der Waals surface area contributed by atoms with Crippen molar-refractivity contribution in [3.8, 4) is 5.75 Å². The third kappa shape index (κ3) is 5.44. The lowest BCUT2D eigenvalue weighted by molar-refractivity contribution is 0.452. The summed E-state index contributed by atoms with van der Waals surface area (Å²) >= 11 is 1.88. The molecule has 0 aromatic heterocycles. The van der Waals surface area contributed by atoms with Gasteiger partial charge in [-0.15, -0.1) is 0 Å². The number of nitrogens with zero attached hydrogens (tertiary/aromatic N) is 1. The highest BCUT2D eigenvalue weighted by Crippen LogP contribution is 2.29. The molecule has 0 aliphatic carbocycles. The Kier molecular flexibility index (Phi) is 7.97. The van der Waals surface area contributed by atoms with Crippen molar-refractivity contribution in [1.82, 2.24) is 5.32 Å². The Morgan fingerprint density at radius 1 is 1.33 bits per heavy atom. The molecule has 0 amide bonds. The van der Waals surface area contributed by atoms with Crippen molar-refractivity contribution in [3.63, 3.8) is 0 Å². The van der Waals surface area contributed by atoms with Gasteiger partial charge in [-0.05, 0) is 51.3 Å². The number of phenolic OH excluding ortho intramolecular Hbond substituents is 1. The van der Waals surface area contributed by atoms with Gasteiger partial charge in [0.25, 0.3) is 0 Å². The first kappa shape index (κ1) is 18.2. The lowest BCUT2D eigenvalue weighted by Gasteiger charge is -2.28. The summed E-state index contributed by atoms with van der Waals surface area (Å²) in [6.45, 7) is 7.43. The minimum Gasteiger partial charge on any atom is -0.508 e. The highest BCUT2D eigenvalue weighted by atomic mass is 32.2. The Bertz CT molecular complexity index is 425. The quantitative estimate of drug-likeness (QED) is 0.722. The van der Waals surface area contributed by atoms with Crippen LogP contribution in [0.15, 0.2) is 18.2 Å². The van der Waals surface area contributed by atoms with Gasteiger partial charge in [0.05, 0.1) is 0 Å². The van der Waals surface area contributed by atoms with E-state index in [2.05, 4.69) is 50.4 Å². The first-order valence-corrected chi connectivity index (χ1v) is 9.18. The van der Waals surface area contributed by atoms with Crippen LogP contribution in [-0.2, 0) is 0 Å². The maximum Gasteiger partial charge on any atom is 0.122 e. The molecule has 0 fully saturated rings. The molecule has 1 aromatic carbocycles. The minimum atomic E-state index is 0.179. The second-order valence-corrected chi connectivity index (χ2v) is 6.65. The molecule has 0 spiro atoms. The van der Waals surface area contributed by atoms with Crippen molar-refractivity contribution in [1.29, 1.82) is 0 Å². The topological polar surface area (TPSA) is 35.5 Å². The van der Waals surface area contributed by atoms with Crippen molar-refractivity contribution >= 4 is 17.4 Å². The van der Waals surface area contributed by atoms with Crippen LogP contribution in [0.5, 0.6) is 5.75 Å². The van der Waals surface area contributed by atoms with Gasteiger partial charge in [-0.2, -0.15) is 11.8 Å². The van der Waals surface area contributed by atoms with E-state index < -0.39 is 0 Å². The Hall–Kier alpha value is -0.870. The molecule has 0 saturated heterocycles. The molecule has 2 N–H and O–H groups in total. The number of hydrogen-bond acceptors (Lipinski definition) is 4. The zero-order chi connectivity index (χ0) is 15.8. The summed E-state index contributed by atoms with van der Waals surface area (Å²) in [7, 11) is 2.10. The summed E-state index contributed by atoms with van der Waals surface area (Å²) in [6, 6.07) is 6.68. The lowest BCUT2D eigenvalue weighted by Crippen LogP contribution is -2.29. The van der Waals surface area contributed by atoms with Crippen LogP contribution in [0.4, 0.5) is 5.69 Å². The molecule has 3 nitrogen and oxygen atoms in total. The standard InChI is InChI=1S/C17H30N2OS/c1-6-10-18-14(3)16-8-7-15(12-17(16)20)19(4)13(2)9-11-21-5/h7-8,12-14,18,20H,6,9-11H2,1-5H3. The predicted octanol–water partition coefficient (Wildman–Crippen LogP) is 4.03. The van der Waals surface area contributed by atoms with Gasteiger partial charge in [0, 0.05) is 36.4 Å². The molecule has 21 heavy (non-hydrogen) atoms. The van der Waals surface area contributed by atoms with E-state index in [0.717, 1.165) is 36.4 Å². The monoisotopic (exact) mass is 310 g/mol. The van der Waals surface area contributed by atoms with Gasteiger partial charge in [-0.1, -0.05) is 13.0 Å². The Balaban J connectivity index is 2.76. The van der Waals surface area contributed by atoms with Crippen LogP contribution in [0.3, 0.4) is 0 Å². The minimum absolute atomic E-state index is 0.179. The Labute approximate surface area is 134 Å². The van der Waals surface area contributed by atoms with Crippen molar-refractivity contribution < 1.29 is 5.11 Å². The molecule has 1 rings (SSSR count). The third-order valence-electron chi connectivity index (χ3n) is 3.99. The summed E-state index contributed by atoms with van der Waals surface area (Å²) in [4.78, 5) is 2.24. The van der Waals surface area contributed by atoms with E-state index in [-0.39, 0.29) is 6.04 Å². The van der Waals surface area contributed by atoms with Crippen molar-refractivity contribution in [2.75, 3.05) is 30.5 Å². The maximum atomic E-state index is 10.3. The molecule has 0 aliphatic rings. The molecule has 120 valence electrons. The van der Waals surface area contributed by atoms with Crippen molar-refractivity contribution in [3.05, 3.63) is 23.8 Å². The van der Waals surface area contributed by atoms with Crippen LogP contribution >= 0.6 is 11.8 Å². The number of thioether (sulfide) groups is 1. The molecule has 2 unspecified atom stereocenters. The molecule has 2 atom stereocenters. The summed E-state index contributed by atoms with van der Waals surface area (Å²) in [5.41, 5.74) is 2.05. The van der Waals surface area contributed by atoms with E-state index >= 15 is 0 Å². The fourth-order valence-corrected chi connectivity index (χ4v) is 2.90. The van der Waals surface area contributed by atoms with Gasteiger partial charge >= 0.3 is 0 Å². The molecule has 0 saturated carbocycles. The van der Waals surface area contributed by atoms with Crippen LogP contribution in [0, 0.1) is 0 Å². The number of rotatable bonds is 9. The molecule has 0 radical (unpaired) electrons. The van der Waals surface area contributed by atoms with Gasteiger partial charge in [0.15, 0.2) is 0 Å². The average Bonchev–Trinajstić information content (AvgIpc) is 2.49. The normalized spacial score (nSPS) is 14.0. The van der Waals surface area contributed by atoms with E-state index in [1.807, 2.05) is 23.9 Å². The fraction of sp³-hybridized carbons (Fsp3) is 0.647. The van der Waals surface area contributed by atoms with Crippen LogP contribution in [0.25, 0.3) is 0 Å². The van der Waals surface area contributed by atoms with E-state index in [9.17, 15) is 5.11 Å². The second-order valence-electron chi connectivity index (χ2n) is 5.66. The van der Waals surface area contributed by atoms with Crippen LogP contribution in [0.1, 0.15) is 45.2 Å². The van der Waals surface area contributed by atoms with Crippen LogP contribution in [0.2, 0.25) is 0 Å². The van der Waals surface area contributed by atoms with Gasteiger partial charge in [0.2, 0.25) is 0 Å². The largest absolute Gasteiger partial charge is 0.508 e. The summed E-state index contributed by atoms with van der Waals surface area (Å²) in [6.07, 6.45) is 4.38. The van der Waals surface area contributed by atoms with Gasteiger partial charge < -0.3 is 15.3 Å². The van der Waals surface area contributed by atoms with Gasteiger partial charge in [-0.3, -0.25) is 0 Å². The average molecular weight is 311 g/mol. The summed E-state index contributed by atoms with van der Waals surface area (Å²) in [5.74, 6) is 1.54. The Morgan fingerprint density at radius 3 is 2.62 bits per heavy atom. The number of aromatic hydroxyl groups is 1. The van der Waals surface area contributed by atoms with Crippen molar-refractivity contribution in [2.45, 2.75) is 45.7 Å². The maximum absolute atomic E-state index is 10.3. The lowest BCUT2D eigenvalue weighted by atomic mass is 10.1. The number of nitrogens with one attached hydrogen (secondary N) is 1. The molecule has 0 bridgehead atoms. The number of benzene rings is 1. The van der Waals surface area contributed by atoms with E-state index in [1.165, 1.54) is 0 Å². The van der Waals surface area contributed by atoms with E-state index in [0.29, 0.717) is 11.8 Å². The molecular weight excluding hydrogens is 280 g/mol. The summed E-state index contributed by atoms with van der Waals surface area (Å²) < 4.78 is 0. The van der Waals surface area contributed by atoms with Crippen LogP contribution in [-0.4, -0.2) is 36.7 Å². The second kappa shape index (κ2) is 9.21. The number of phenols is 1. The highest BCUT2D eigenvalue weighted by molar-refractivity contribution is 7.98. The number of anilines is 1. The zero-order valence-electron chi connectivity index (χ0n) is 14.0. The van der Waals surface area contributed by atoms with Crippen molar-refractivity contribution in [2.24, 2.45) is 0 Å². The molecular formula is C17H30N2OS. The molecule has 4 heteroatoms. The Morgan fingerprint density at radius 2 is 2.05 bits per heavy atom. The zero-order valence-corrected chi connectivity index (χ0v) is 14.8. The van der Waals surface area contributed by atoms with Gasteiger partial charge in [0.1, 0.15) is 5.75 Å². The van der Waals surface area contributed by atoms with Gasteiger partial charge in [-0.25, -0.2) is 0 Å². The summed E-state index contributed by atoms with van der Waals surface area (Å²) in [5, 5.41) is 13.7. The molecule has 0 heterocycles. The number of hydrogen-bond donors (Lipinski definition) is 2. The first-order valence-electron chi connectivity index (χ1n) is 7.79. The smallest absolute Gasteiger partial charge is 0.122 e. The predicted molar refractivity (Wildman–Crippen MR) is 95.7 cm³/mol. The van der Waals surface area contributed by atoms with Crippen LogP contribution < -0.4 is 10.2 Å².